The second kappa shape index (κ2) is 4.73. The largest absolute Gasteiger partial charge is 0.342 e. The fraction of sp³-hybridized carbons (Fsp3) is 0.533. The number of rotatable bonds is 4. The van der Waals surface area contributed by atoms with Crippen LogP contribution in [0.15, 0.2) is 18.2 Å². The summed E-state index contributed by atoms with van der Waals surface area (Å²) in [4.78, 5) is 8.01. The summed E-state index contributed by atoms with van der Waals surface area (Å²) in [6.45, 7) is 9.49. The minimum Gasteiger partial charge on any atom is -0.342 e. The third-order valence-corrected chi connectivity index (χ3v) is 3.60. The first-order valence-corrected chi connectivity index (χ1v) is 6.64. The number of H-pyrrole nitrogens is 1. The molecule has 1 aromatic heterocycles. The van der Waals surface area contributed by atoms with Crippen molar-refractivity contribution in [2.45, 2.75) is 45.4 Å². The van der Waals surface area contributed by atoms with Crippen LogP contribution in [0.4, 0.5) is 0 Å². The van der Waals surface area contributed by atoms with Gasteiger partial charge in [-0.1, -0.05) is 33.8 Å². The van der Waals surface area contributed by atoms with Crippen molar-refractivity contribution >= 4 is 11.0 Å². The van der Waals surface area contributed by atoms with Gasteiger partial charge < -0.3 is 10.7 Å². The number of imidazole rings is 1. The Balaban J connectivity index is 2.43. The van der Waals surface area contributed by atoms with E-state index < -0.39 is 0 Å². The van der Waals surface area contributed by atoms with Gasteiger partial charge in [-0.2, -0.15) is 0 Å². The lowest BCUT2D eigenvalue weighted by atomic mass is 9.81. The monoisotopic (exact) mass is 245 g/mol. The van der Waals surface area contributed by atoms with E-state index in [-0.39, 0.29) is 5.41 Å². The maximum Gasteiger partial charge on any atom is 0.109 e. The molecule has 3 nitrogen and oxygen atoms in total. The Morgan fingerprint density at radius 2 is 2.06 bits per heavy atom. The van der Waals surface area contributed by atoms with E-state index in [1.807, 2.05) is 0 Å². The maximum absolute atomic E-state index is 5.69. The summed E-state index contributed by atoms with van der Waals surface area (Å²) in [5.74, 6) is 1.48. The number of benzene rings is 1. The summed E-state index contributed by atoms with van der Waals surface area (Å²) >= 11 is 0. The number of nitrogens with zero attached hydrogens (tertiary/aromatic N) is 1. The van der Waals surface area contributed by atoms with Gasteiger partial charge in [-0.3, -0.25) is 0 Å². The number of nitrogens with two attached hydrogens (primary N) is 1. The fourth-order valence-electron chi connectivity index (χ4n) is 2.23. The summed E-state index contributed by atoms with van der Waals surface area (Å²) < 4.78 is 0. The zero-order valence-corrected chi connectivity index (χ0v) is 11.7. The van der Waals surface area contributed by atoms with Crippen molar-refractivity contribution in [3.63, 3.8) is 0 Å². The van der Waals surface area contributed by atoms with Crippen molar-refractivity contribution in [1.29, 1.82) is 0 Å². The van der Waals surface area contributed by atoms with Crippen LogP contribution in [0.2, 0.25) is 0 Å². The summed E-state index contributed by atoms with van der Waals surface area (Å²) in [6.07, 6.45) is 0.990. The number of hydrogen-bond donors (Lipinski definition) is 2. The van der Waals surface area contributed by atoms with Crippen LogP contribution in [-0.2, 0) is 5.41 Å². The van der Waals surface area contributed by atoms with E-state index in [9.17, 15) is 0 Å². The summed E-state index contributed by atoms with van der Waals surface area (Å²) in [5.41, 5.74) is 9.30. The van der Waals surface area contributed by atoms with Gasteiger partial charge in [0.1, 0.15) is 5.82 Å². The Bertz CT molecular complexity index is 538. The normalized spacial score (nSPS) is 12.6. The molecule has 3 heteroatoms. The van der Waals surface area contributed by atoms with Crippen LogP contribution in [0.1, 0.15) is 51.4 Å². The number of hydrogen-bond acceptors (Lipinski definition) is 2. The fourth-order valence-corrected chi connectivity index (χ4v) is 2.23. The average molecular weight is 245 g/mol. The van der Waals surface area contributed by atoms with E-state index in [2.05, 4.69) is 55.9 Å². The molecule has 98 valence electrons. The Hall–Kier alpha value is -1.35. The Morgan fingerprint density at radius 1 is 1.33 bits per heavy atom. The molecule has 0 atom stereocenters. The highest BCUT2D eigenvalue weighted by molar-refractivity contribution is 5.76. The van der Waals surface area contributed by atoms with E-state index in [1.54, 1.807) is 0 Å². The van der Waals surface area contributed by atoms with Crippen LogP contribution in [0.5, 0.6) is 0 Å². The molecule has 0 saturated carbocycles. The van der Waals surface area contributed by atoms with Gasteiger partial charge in [-0.25, -0.2) is 4.98 Å². The number of fused-ring (bicyclic) bond motifs is 1. The number of aromatic nitrogens is 2. The molecule has 3 N–H and O–H groups in total. The molecule has 1 heterocycles. The molecule has 18 heavy (non-hydrogen) atoms. The highest BCUT2D eigenvalue weighted by atomic mass is 14.9. The maximum atomic E-state index is 5.69. The van der Waals surface area contributed by atoms with Crippen molar-refractivity contribution in [3.8, 4) is 0 Å². The van der Waals surface area contributed by atoms with Gasteiger partial charge in [0.25, 0.3) is 0 Å². The van der Waals surface area contributed by atoms with Gasteiger partial charge in [0.15, 0.2) is 0 Å². The molecular weight excluding hydrogens is 222 g/mol. The number of aromatic amines is 1. The lowest BCUT2D eigenvalue weighted by Gasteiger charge is -2.24. The predicted octanol–water partition coefficient (Wildman–Crippen LogP) is 3.31. The van der Waals surface area contributed by atoms with Gasteiger partial charge >= 0.3 is 0 Å². The van der Waals surface area contributed by atoms with Gasteiger partial charge in [-0.15, -0.1) is 0 Å². The minimum absolute atomic E-state index is 0.117. The second-order valence-corrected chi connectivity index (χ2v) is 5.93. The third-order valence-electron chi connectivity index (χ3n) is 3.60. The molecule has 0 unspecified atom stereocenters. The standard InChI is InChI=1S/C15H23N3/c1-10(2)14-17-12-6-5-11(9-13(12)18-14)15(3,4)7-8-16/h5-6,9-10H,7-8,16H2,1-4H3,(H,17,18). The first-order valence-electron chi connectivity index (χ1n) is 6.64. The average Bonchev–Trinajstić information content (AvgIpc) is 2.71. The first kappa shape index (κ1) is 13.1. The van der Waals surface area contributed by atoms with Crippen molar-refractivity contribution in [2.75, 3.05) is 6.54 Å². The van der Waals surface area contributed by atoms with Gasteiger partial charge in [-0.05, 0) is 36.1 Å². The molecule has 0 radical (unpaired) electrons. The predicted molar refractivity (Wildman–Crippen MR) is 76.9 cm³/mol. The summed E-state index contributed by atoms with van der Waals surface area (Å²) in [5, 5.41) is 0. The van der Waals surface area contributed by atoms with Crippen molar-refractivity contribution in [2.24, 2.45) is 5.73 Å². The smallest absolute Gasteiger partial charge is 0.109 e. The van der Waals surface area contributed by atoms with Crippen molar-refractivity contribution < 1.29 is 0 Å². The molecule has 0 spiro atoms. The lowest BCUT2D eigenvalue weighted by Crippen LogP contribution is -2.21. The van der Waals surface area contributed by atoms with E-state index in [0.29, 0.717) is 12.5 Å². The lowest BCUT2D eigenvalue weighted by molar-refractivity contribution is 0.488. The molecule has 2 aromatic rings. The molecule has 0 aliphatic heterocycles. The molecule has 0 aliphatic rings. The molecule has 0 fully saturated rings. The van der Waals surface area contributed by atoms with Crippen LogP contribution in [0.25, 0.3) is 11.0 Å². The molecule has 0 aliphatic carbocycles. The van der Waals surface area contributed by atoms with Gasteiger partial charge in [0.2, 0.25) is 0 Å². The SMILES string of the molecule is CC(C)c1nc2ccc(C(C)(C)CCN)cc2[nH]1. The number of nitrogens with one attached hydrogen (secondary N) is 1. The molecule has 1 aromatic carbocycles. The van der Waals surface area contributed by atoms with Crippen LogP contribution in [0.3, 0.4) is 0 Å². The van der Waals surface area contributed by atoms with E-state index >= 15 is 0 Å². The van der Waals surface area contributed by atoms with E-state index in [0.717, 1.165) is 23.3 Å². The molecule has 0 bridgehead atoms. The quantitative estimate of drug-likeness (QED) is 0.868. The third kappa shape index (κ3) is 2.41. The summed E-state index contributed by atoms with van der Waals surface area (Å²) in [7, 11) is 0. The molecule has 0 amide bonds. The topological polar surface area (TPSA) is 54.7 Å². The van der Waals surface area contributed by atoms with Crippen LogP contribution >= 0.6 is 0 Å². The Labute approximate surface area is 109 Å². The summed E-state index contributed by atoms with van der Waals surface area (Å²) in [6, 6.07) is 6.48. The van der Waals surface area contributed by atoms with Crippen LogP contribution in [-0.4, -0.2) is 16.5 Å². The van der Waals surface area contributed by atoms with Gasteiger partial charge in [0, 0.05) is 5.92 Å². The van der Waals surface area contributed by atoms with Crippen molar-refractivity contribution in [3.05, 3.63) is 29.6 Å². The first-order chi connectivity index (χ1) is 8.44. The molecular formula is C15H23N3. The minimum atomic E-state index is 0.117. The van der Waals surface area contributed by atoms with Crippen LogP contribution in [0, 0.1) is 0 Å². The van der Waals surface area contributed by atoms with Gasteiger partial charge in [0.05, 0.1) is 11.0 Å². The second-order valence-electron chi connectivity index (χ2n) is 5.93. The molecule has 0 saturated heterocycles. The Kier molecular flexibility index (Phi) is 3.44. The highest BCUT2D eigenvalue weighted by Gasteiger charge is 2.20. The molecule has 2 rings (SSSR count). The van der Waals surface area contributed by atoms with E-state index in [4.69, 9.17) is 5.73 Å². The zero-order valence-electron chi connectivity index (χ0n) is 11.7. The van der Waals surface area contributed by atoms with Crippen LogP contribution < -0.4 is 5.73 Å². The Morgan fingerprint density at radius 3 is 2.67 bits per heavy atom. The zero-order chi connectivity index (χ0) is 13.3. The highest BCUT2D eigenvalue weighted by Crippen LogP contribution is 2.29. The van der Waals surface area contributed by atoms with E-state index in [1.165, 1.54) is 5.56 Å². The van der Waals surface area contributed by atoms with Crippen molar-refractivity contribution in [1.82, 2.24) is 9.97 Å².